The Hall–Kier alpha value is -1.74. The van der Waals surface area contributed by atoms with Crippen molar-refractivity contribution in [2.45, 2.75) is 40.0 Å². The van der Waals surface area contributed by atoms with Gasteiger partial charge in [0.1, 0.15) is 13.1 Å². The van der Waals surface area contributed by atoms with Gasteiger partial charge in [-0.3, -0.25) is 0 Å². The van der Waals surface area contributed by atoms with E-state index in [0.29, 0.717) is 0 Å². The minimum Gasteiger partial charge on any atom is -1.00 e. The molecule has 0 radical (unpaired) electrons. The molecule has 0 fully saturated rings. The first-order valence-corrected chi connectivity index (χ1v) is 8.76. The molecule has 4 N–H and O–H groups in total. The molecule has 0 aliphatic carbocycles. The molecule has 0 unspecified atom stereocenters. The number of aromatic nitrogens is 4. The molecule has 154 valence electrons. The molecule has 4 aromatic rings. The molecule has 28 heavy (non-hydrogen) atoms. The van der Waals surface area contributed by atoms with Crippen LogP contribution in [-0.2, 0) is 26.2 Å². The van der Waals surface area contributed by atoms with E-state index in [1.165, 1.54) is 22.1 Å². The highest BCUT2D eigenvalue weighted by molar-refractivity contribution is 5.72. The summed E-state index contributed by atoms with van der Waals surface area (Å²) in [5, 5.41) is 0. The van der Waals surface area contributed by atoms with Crippen LogP contribution < -0.4 is 43.1 Å². The van der Waals surface area contributed by atoms with Gasteiger partial charge in [-0.2, -0.15) is 0 Å². The normalized spacial score (nSPS) is 9.93. The third-order valence-electron chi connectivity index (χ3n) is 4.82. The van der Waals surface area contributed by atoms with Gasteiger partial charge in [-0.25, -0.2) is 18.3 Å². The lowest BCUT2D eigenvalue weighted by molar-refractivity contribution is -0.755. The van der Waals surface area contributed by atoms with Crippen LogP contribution in [-0.4, -0.2) is 20.1 Å². The lowest BCUT2D eigenvalue weighted by atomic mass is 10.3. The molecule has 2 aromatic heterocycles. The van der Waals surface area contributed by atoms with Crippen molar-refractivity contribution >= 4 is 22.1 Å². The van der Waals surface area contributed by atoms with Crippen molar-refractivity contribution in [2.24, 2.45) is 0 Å². The van der Waals surface area contributed by atoms with Crippen LogP contribution in [0.15, 0.2) is 61.2 Å². The number of fused-ring (bicyclic) bond motifs is 2. The number of para-hydroxylation sites is 4. The van der Waals surface area contributed by atoms with Crippen molar-refractivity contribution in [1.82, 2.24) is 9.13 Å². The number of nitrogens with zero attached hydrogens (tertiary/aromatic N) is 4. The van der Waals surface area contributed by atoms with Gasteiger partial charge in [-0.15, -0.1) is 0 Å². The molecule has 8 heteroatoms. The van der Waals surface area contributed by atoms with E-state index in [2.05, 4.69) is 93.3 Å². The van der Waals surface area contributed by atoms with E-state index >= 15 is 0 Å². The van der Waals surface area contributed by atoms with Crippen LogP contribution in [0.4, 0.5) is 0 Å². The quantitative estimate of drug-likeness (QED) is 0.239. The number of halogens is 2. The van der Waals surface area contributed by atoms with Crippen LogP contribution in [0.5, 0.6) is 0 Å². The molecule has 0 atom stereocenters. The number of hydrogen-bond acceptors (Lipinski definition) is 0. The summed E-state index contributed by atoms with van der Waals surface area (Å²) in [4.78, 5) is 0. The van der Waals surface area contributed by atoms with Gasteiger partial charge in [-0.1, -0.05) is 24.3 Å². The zero-order chi connectivity index (χ0) is 16.5. The highest BCUT2D eigenvalue weighted by atomic mass is 79.9. The molecular weight excluding hydrogens is 488 g/mol. The van der Waals surface area contributed by atoms with E-state index in [9.17, 15) is 0 Å². The number of rotatable bonds is 5. The molecule has 0 amide bonds. The lowest BCUT2D eigenvalue weighted by Gasteiger charge is -1.97. The zero-order valence-corrected chi connectivity index (χ0v) is 19.3. The largest absolute Gasteiger partial charge is 1.00 e. The van der Waals surface area contributed by atoms with Gasteiger partial charge < -0.3 is 44.9 Å². The van der Waals surface area contributed by atoms with Crippen LogP contribution >= 0.6 is 0 Å². The molecule has 2 aromatic carbocycles. The fraction of sp³-hybridized carbons (Fsp3) is 0.300. The Morgan fingerprint density at radius 2 is 1.00 bits per heavy atom. The van der Waals surface area contributed by atoms with Gasteiger partial charge in [-0.05, 0) is 38.1 Å². The summed E-state index contributed by atoms with van der Waals surface area (Å²) in [6.07, 6.45) is 4.48. The van der Waals surface area contributed by atoms with E-state index in [4.69, 9.17) is 0 Å². The van der Waals surface area contributed by atoms with Gasteiger partial charge >= 0.3 is 0 Å². The summed E-state index contributed by atoms with van der Waals surface area (Å²) in [5.74, 6) is 0. The fourth-order valence-corrected chi connectivity index (χ4v) is 3.56. The van der Waals surface area contributed by atoms with Gasteiger partial charge in [0.2, 0.25) is 12.7 Å². The van der Waals surface area contributed by atoms with E-state index in [1.54, 1.807) is 0 Å². The number of hydrogen-bond donors (Lipinski definition) is 0. The summed E-state index contributed by atoms with van der Waals surface area (Å²) in [6.45, 7) is 8.32. The molecule has 0 aliphatic heterocycles. The van der Waals surface area contributed by atoms with Crippen molar-refractivity contribution < 1.29 is 54.0 Å². The summed E-state index contributed by atoms with van der Waals surface area (Å²) in [5.41, 5.74) is 5.22. The smallest absolute Gasteiger partial charge is 0.244 e. The van der Waals surface area contributed by atoms with E-state index in [-0.39, 0.29) is 44.9 Å². The highest BCUT2D eigenvalue weighted by Crippen LogP contribution is 2.12. The third-order valence-corrected chi connectivity index (χ3v) is 4.82. The van der Waals surface area contributed by atoms with E-state index < -0.39 is 0 Å². The second-order valence-corrected chi connectivity index (χ2v) is 6.17. The lowest BCUT2D eigenvalue weighted by Crippen LogP contribution is -3.00. The molecule has 0 saturated carbocycles. The molecule has 4 rings (SSSR count). The van der Waals surface area contributed by atoms with Crippen LogP contribution in [0.3, 0.4) is 0 Å². The summed E-state index contributed by atoms with van der Waals surface area (Å²) in [7, 11) is 0. The molecular formula is C20H28Br2N4O2. The standard InChI is InChI=1S/C20H24N4.2BrH.2H2O/c1-3-21-15-23(19-11-7-5-9-17(19)21)13-14-24-16-22(4-2)18-10-6-8-12-20(18)24;;;;/h5-12,15-16H,3-4,13-14H2,1-2H3;2*1H;2*1H2/q+2;;;;/p-2. The number of aryl methyl sites for hydroxylation is 4. The Morgan fingerprint density at radius 1 is 0.643 bits per heavy atom. The molecule has 0 spiro atoms. The molecule has 0 aliphatic rings. The van der Waals surface area contributed by atoms with Crippen molar-refractivity contribution in [3.05, 3.63) is 61.2 Å². The fourth-order valence-electron chi connectivity index (χ4n) is 3.56. The maximum atomic E-state index is 2.36. The van der Waals surface area contributed by atoms with Crippen LogP contribution in [0.1, 0.15) is 13.8 Å². The predicted octanol–water partition coefficient (Wildman–Crippen LogP) is -4.73. The molecule has 6 nitrogen and oxygen atoms in total. The monoisotopic (exact) mass is 514 g/mol. The van der Waals surface area contributed by atoms with Gasteiger partial charge in [0, 0.05) is 0 Å². The van der Waals surface area contributed by atoms with Crippen molar-refractivity contribution in [3.63, 3.8) is 0 Å². The average Bonchev–Trinajstić information content (AvgIpc) is 3.18. The first kappa shape index (κ1) is 26.3. The first-order valence-electron chi connectivity index (χ1n) is 8.76. The highest BCUT2D eigenvalue weighted by Gasteiger charge is 2.17. The topological polar surface area (TPSA) is 80.6 Å². The Bertz CT molecular complexity index is 932. The first-order chi connectivity index (χ1) is 11.8. The van der Waals surface area contributed by atoms with Crippen LogP contribution in [0.25, 0.3) is 22.1 Å². The minimum absolute atomic E-state index is 0. The summed E-state index contributed by atoms with van der Waals surface area (Å²) < 4.78 is 9.36. The third kappa shape index (κ3) is 4.63. The maximum absolute atomic E-state index is 2.36. The number of imidazole rings is 2. The molecule has 0 saturated heterocycles. The van der Waals surface area contributed by atoms with E-state index in [0.717, 1.165) is 26.2 Å². The summed E-state index contributed by atoms with van der Waals surface area (Å²) in [6, 6.07) is 17.3. The zero-order valence-electron chi connectivity index (χ0n) is 16.1. The van der Waals surface area contributed by atoms with Crippen molar-refractivity contribution in [3.8, 4) is 0 Å². The predicted molar refractivity (Wildman–Crippen MR) is 103 cm³/mol. The Morgan fingerprint density at radius 3 is 1.36 bits per heavy atom. The van der Waals surface area contributed by atoms with Crippen molar-refractivity contribution in [2.75, 3.05) is 0 Å². The second kappa shape index (κ2) is 11.3. The second-order valence-electron chi connectivity index (χ2n) is 6.17. The maximum Gasteiger partial charge on any atom is 0.244 e. The van der Waals surface area contributed by atoms with Crippen LogP contribution in [0.2, 0.25) is 0 Å². The Labute approximate surface area is 186 Å². The van der Waals surface area contributed by atoms with Gasteiger partial charge in [0.05, 0.1) is 13.1 Å². The molecule has 2 heterocycles. The van der Waals surface area contributed by atoms with Gasteiger partial charge in [0.25, 0.3) is 0 Å². The SMILES string of the molecule is CCn1c[n+](CC[n+]2cn(CC)c3ccccc32)c2ccccc21.O.O.[Br-].[Br-]. The Balaban J connectivity index is 0.00000182. The number of benzene rings is 2. The van der Waals surface area contributed by atoms with Gasteiger partial charge in [0.15, 0.2) is 22.1 Å². The molecule has 0 bridgehead atoms. The van der Waals surface area contributed by atoms with Crippen LogP contribution in [0, 0.1) is 0 Å². The minimum atomic E-state index is 0. The summed E-state index contributed by atoms with van der Waals surface area (Å²) >= 11 is 0. The Kier molecular flexibility index (Phi) is 10.6. The van der Waals surface area contributed by atoms with E-state index in [1.807, 2.05) is 0 Å². The average molecular weight is 516 g/mol. The van der Waals surface area contributed by atoms with Crippen molar-refractivity contribution in [1.29, 1.82) is 0 Å².